The van der Waals surface area contributed by atoms with Crippen LogP contribution in [-0.2, 0) is 16.1 Å². The molecule has 1 aliphatic heterocycles. The molecule has 23 heavy (non-hydrogen) atoms. The molecule has 1 amide bonds. The molecule has 1 fully saturated rings. The number of aliphatic carboxylic acids is 1. The SMILES string of the molecule is O=C(O)[C@@H]1CCC(=O)N(Cc2ccccc2)[C@H]1c1ccccc1. The van der Waals surface area contributed by atoms with E-state index in [4.69, 9.17) is 0 Å². The van der Waals surface area contributed by atoms with Gasteiger partial charge in [-0.15, -0.1) is 0 Å². The zero-order valence-corrected chi connectivity index (χ0v) is 12.8. The Morgan fingerprint density at radius 2 is 1.65 bits per heavy atom. The first-order valence-electron chi connectivity index (χ1n) is 7.78. The maximum absolute atomic E-state index is 12.5. The number of carboxylic acid groups (broad SMARTS) is 1. The minimum Gasteiger partial charge on any atom is -0.481 e. The molecule has 3 rings (SSSR count). The summed E-state index contributed by atoms with van der Waals surface area (Å²) in [4.78, 5) is 25.9. The van der Waals surface area contributed by atoms with Crippen molar-refractivity contribution in [3.8, 4) is 0 Å². The van der Waals surface area contributed by atoms with E-state index in [1.54, 1.807) is 4.90 Å². The first kappa shape index (κ1) is 15.3. The molecule has 118 valence electrons. The Bertz CT molecular complexity index is 684. The van der Waals surface area contributed by atoms with Gasteiger partial charge in [0.25, 0.3) is 0 Å². The standard InChI is InChI=1S/C19H19NO3/c21-17-12-11-16(19(22)23)18(15-9-5-2-6-10-15)20(17)13-14-7-3-1-4-8-14/h1-10,16,18H,11-13H2,(H,22,23)/t16-,18+/m1/s1. The van der Waals surface area contributed by atoms with Gasteiger partial charge in [-0.1, -0.05) is 60.7 Å². The molecule has 2 aromatic rings. The fraction of sp³-hybridized carbons (Fsp3) is 0.263. The van der Waals surface area contributed by atoms with Crippen molar-refractivity contribution < 1.29 is 14.7 Å². The van der Waals surface area contributed by atoms with Gasteiger partial charge in [0.05, 0.1) is 12.0 Å². The number of carbonyl (C=O) groups is 2. The van der Waals surface area contributed by atoms with Crippen LogP contribution in [0, 0.1) is 5.92 Å². The van der Waals surface area contributed by atoms with E-state index in [0.29, 0.717) is 13.0 Å². The summed E-state index contributed by atoms with van der Waals surface area (Å²) in [5.41, 5.74) is 1.89. The summed E-state index contributed by atoms with van der Waals surface area (Å²) in [6.07, 6.45) is 0.673. The number of nitrogens with zero attached hydrogens (tertiary/aromatic N) is 1. The van der Waals surface area contributed by atoms with Crippen LogP contribution in [0.4, 0.5) is 0 Å². The topological polar surface area (TPSA) is 57.6 Å². The molecule has 2 atom stereocenters. The molecule has 0 bridgehead atoms. The molecule has 4 heteroatoms. The van der Waals surface area contributed by atoms with Crippen molar-refractivity contribution in [1.82, 2.24) is 4.90 Å². The number of hydrogen-bond donors (Lipinski definition) is 1. The molecule has 1 heterocycles. The Hall–Kier alpha value is -2.62. The molecule has 0 spiro atoms. The number of piperidine rings is 1. The van der Waals surface area contributed by atoms with Crippen molar-refractivity contribution in [3.63, 3.8) is 0 Å². The van der Waals surface area contributed by atoms with Crippen molar-refractivity contribution in [2.24, 2.45) is 5.92 Å². The molecular weight excluding hydrogens is 290 g/mol. The predicted molar refractivity (Wildman–Crippen MR) is 86.5 cm³/mol. The number of rotatable bonds is 4. The Morgan fingerprint density at radius 1 is 1.04 bits per heavy atom. The van der Waals surface area contributed by atoms with Gasteiger partial charge in [-0.25, -0.2) is 0 Å². The van der Waals surface area contributed by atoms with E-state index < -0.39 is 17.9 Å². The van der Waals surface area contributed by atoms with Crippen LogP contribution in [-0.4, -0.2) is 21.9 Å². The summed E-state index contributed by atoms with van der Waals surface area (Å²) in [6, 6.07) is 18.7. The number of likely N-dealkylation sites (tertiary alicyclic amines) is 1. The second kappa shape index (κ2) is 6.65. The van der Waals surface area contributed by atoms with Crippen LogP contribution in [0.15, 0.2) is 60.7 Å². The van der Waals surface area contributed by atoms with Crippen molar-refractivity contribution in [2.45, 2.75) is 25.4 Å². The quantitative estimate of drug-likeness (QED) is 0.943. The monoisotopic (exact) mass is 309 g/mol. The van der Waals surface area contributed by atoms with E-state index >= 15 is 0 Å². The molecule has 4 nitrogen and oxygen atoms in total. The lowest BCUT2D eigenvalue weighted by molar-refractivity contribution is -0.152. The number of carboxylic acids is 1. The third-order valence-electron chi connectivity index (χ3n) is 4.36. The average molecular weight is 309 g/mol. The highest BCUT2D eigenvalue weighted by molar-refractivity contribution is 5.81. The fourth-order valence-electron chi connectivity index (χ4n) is 3.24. The number of benzene rings is 2. The summed E-state index contributed by atoms with van der Waals surface area (Å²) in [6.45, 7) is 0.434. The van der Waals surface area contributed by atoms with Gasteiger partial charge in [0, 0.05) is 13.0 Å². The summed E-state index contributed by atoms with van der Waals surface area (Å²) in [5.74, 6) is -1.40. The predicted octanol–water partition coefficient (Wildman–Crippen LogP) is 3.25. The zero-order valence-electron chi connectivity index (χ0n) is 12.8. The van der Waals surface area contributed by atoms with E-state index in [1.807, 2.05) is 60.7 Å². The van der Waals surface area contributed by atoms with Crippen molar-refractivity contribution >= 4 is 11.9 Å². The van der Waals surface area contributed by atoms with Crippen LogP contribution >= 0.6 is 0 Å². The van der Waals surface area contributed by atoms with Gasteiger partial charge in [0.15, 0.2) is 0 Å². The third kappa shape index (κ3) is 3.26. The fourth-order valence-corrected chi connectivity index (χ4v) is 3.24. The second-order valence-electron chi connectivity index (χ2n) is 5.85. The van der Waals surface area contributed by atoms with E-state index in [-0.39, 0.29) is 12.3 Å². The summed E-state index contributed by atoms with van der Waals surface area (Å²) in [5, 5.41) is 9.60. The number of amides is 1. The van der Waals surface area contributed by atoms with E-state index in [9.17, 15) is 14.7 Å². The Morgan fingerprint density at radius 3 is 2.26 bits per heavy atom. The van der Waals surface area contributed by atoms with Crippen molar-refractivity contribution in [2.75, 3.05) is 0 Å². The van der Waals surface area contributed by atoms with Gasteiger partial charge in [-0.2, -0.15) is 0 Å². The highest BCUT2D eigenvalue weighted by atomic mass is 16.4. The van der Waals surface area contributed by atoms with Crippen LogP contribution in [0.1, 0.15) is 30.0 Å². The molecule has 1 aliphatic rings. The van der Waals surface area contributed by atoms with Crippen LogP contribution in [0.3, 0.4) is 0 Å². The third-order valence-corrected chi connectivity index (χ3v) is 4.36. The molecule has 0 aromatic heterocycles. The number of carbonyl (C=O) groups excluding carboxylic acids is 1. The van der Waals surface area contributed by atoms with Crippen LogP contribution in [0.2, 0.25) is 0 Å². The largest absolute Gasteiger partial charge is 0.481 e. The van der Waals surface area contributed by atoms with Gasteiger partial charge >= 0.3 is 5.97 Å². The lowest BCUT2D eigenvalue weighted by Crippen LogP contribution is -2.44. The zero-order chi connectivity index (χ0) is 16.2. The minimum atomic E-state index is -0.843. The van der Waals surface area contributed by atoms with E-state index in [2.05, 4.69) is 0 Å². The van der Waals surface area contributed by atoms with Gasteiger partial charge in [0.2, 0.25) is 5.91 Å². The maximum atomic E-state index is 12.5. The Labute approximate surface area is 135 Å². The summed E-state index contributed by atoms with van der Waals surface area (Å²) in [7, 11) is 0. The average Bonchev–Trinajstić information content (AvgIpc) is 2.58. The normalized spacial score (nSPS) is 21.2. The summed E-state index contributed by atoms with van der Waals surface area (Å²) < 4.78 is 0. The lowest BCUT2D eigenvalue weighted by Gasteiger charge is -2.40. The maximum Gasteiger partial charge on any atom is 0.308 e. The molecule has 0 aliphatic carbocycles. The first-order valence-corrected chi connectivity index (χ1v) is 7.78. The van der Waals surface area contributed by atoms with Crippen LogP contribution in [0.5, 0.6) is 0 Å². The second-order valence-corrected chi connectivity index (χ2v) is 5.85. The van der Waals surface area contributed by atoms with Gasteiger partial charge < -0.3 is 10.0 Å². The van der Waals surface area contributed by atoms with E-state index in [0.717, 1.165) is 11.1 Å². The molecule has 1 saturated heterocycles. The molecule has 0 radical (unpaired) electrons. The summed E-state index contributed by atoms with van der Waals surface area (Å²) >= 11 is 0. The number of hydrogen-bond acceptors (Lipinski definition) is 2. The molecule has 0 saturated carbocycles. The van der Waals surface area contributed by atoms with E-state index in [1.165, 1.54) is 0 Å². The molecule has 1 N–H and O–H groups in total. The lowest BCUT2D eigenvalue weighted by atomic mass is 9.84. The highest BCUT2D eigenvalue weighted by Crippen LogP contribution is 2.37. The van der Waals surface area contributed by atoms with Gasteiger partial charge in [0.1, 0.15) is 0 Å². The van der Waals surface area contributed by atoms with Crippen molar-refractivity contribution in [3.05, 3.63) is 71.8 Å². The van der Waals surface area contributed by atoms with Gasteiger partial charge in [-0.3, -0.25) is 9.59 Å². The molecule has 0 unspecified atom stereocenters. The van der Waals surface area contributed by atoms with Crippen LogP contribution < -0.4 is 0 Å². The smallest absolute Gasteiger partial charge is 0.308 e. The molecule has 2 aromatic carbocycles. The Balaban J connectivity index is 1.97. The minimum absolute atomic E-state index is 0.0141. The molecular formula is C19H19NO3. The van der Waals surface area contributed by atoms with Crippen molar-refractivity contribution in [1.29, 1.82) is 0 Å². The van der Waals surface area contributed by atoms with Gasteiger partial charge in [-0.05, 0) is 17.5 Å². The van der Waals surface area contributed by atoms with Crippen LogP contribution in [0.25, 0.3) is 0 Å². The highest BCUT2D eigenvalue weighted by Gasteiger charge is 2.40. The Kier molecular flexibility index (Phi) is 4.42. The first-order chi connectivity index (χ1) is 11.2.